The Hall–Kier alpha value is -1.15. The van der Waals surface area contributed by atoms with Gasteiger partial charge in [-0.2, -0.15) is 8.42 Å². The molecule has 24 heavy (non-hydrogen) atoms. The van der Waals surface area contributed by atoms with E-state index in [0.29, 0.717) is 12.8 Å². The molecule has 3 aliphatic rings. The Morgan fingerprint density at radius 1 is 1.33 bits per heavy atom. The highest BCUT2D eigenvalue weighted by molar-refractivity contribution is 7.86. The highest BCUT2D eigenvalue weighted by atomic mass is 32.2. The van der Waals surface area contributed by atoms with Crippen LogP contribution in [-0.2, 0) is 28.6 Å². The second-order valence-corrected chi connectivity index (χ2v) is 8.82. The van der Waals surface area contributed by atoms with E-state index in [0.717, 1.165) is 32.1 Å². The molecule has 0 unspecified atom stereocenters. The summed E-state index contributed by atoms with van der Waals surface area (Å²) >= 11 is 0. The van der Waals surface area contributed by atoms with Crippen molar-refractivity contribution in [3.63, 3.8) is 0 Å². The fourth-order valence-corrected chi connectivity index (χ4v) is 5.55. The first-order valence-corrected chi connectivity index (χ1v) is 10.4. The van der Waals surface area contributed by atoms with Crippen LogP contribution in [0, 0.1) is 17.8 Å². The molecule has 0 bridgehead atoms. The molecule has 1 amide bonds. The number of hydrogen-bond donors (Lipinski definition) is 0. The number of ether oxygens (including phenoxy) is 1. The van der Waals surface area contributed by atoms with Crippen LogP contribution in [0.25, 0.3) is 0 Å². The summed E-state index contributed by atoms with van der Waals surface area (Å²) in [5.41, 5.74) is 0. The van der Waals surface area contributed by atoms with Gasteiger partial charge in [0.1, 0.15) is 0 Å². The summed E-state index contributed by atoms with van der Waals surface area (Å²) in [6.45, 7) is 0.763. The van der Waals surface area contributed by atoms with Gasteiger partial charge in [0, 0.05) is 24.9 Å². The third kappa shape index (κ3) is 3.44. The average molecular weight is 359 g/mol. The topological polar surface area (TPSA) is 90.0 Å². The van der Waals surface area contributed by atoms with Gasteiger partial charge in [-0.3, -0.25) is 13.8 Å². The summed E-state index contributed by atoms with van der Waals surface area (Å²) in [7, 11) is -2.31. The van der Waals surface area contributed by atoms with Crippen molar-refractivity contribution in [1.29, 1.82) is 0 Å². The lowest BCUT2D eigenvalue weighted by atomic mass is 9.67. The maximum absolute atomic E-state index is 12.4. The van der Waals surface area contributed by atoms with Crippen molar-refractivity contribution in [1.82, 2.24) is 4.90 Å². The monoisotopic (exact) mass is 359 g/mol. The van der Waals surface area contributed by atoms with Crippen LogP contribution in [0.5, 0.6) is 0 Å². The van der Waals surface area contributed by atoms with E-state index in [1.165, 1.54) is 7.11 Å². The highest BCUT2D eigenvalue weighted by Crippen LogP contribution is 2.49. The molecule has 1 aliphatic carbocycles. The van der Waals surface area contributed by atoms with Crippen molar-refractivity contribution < 1.29 is 26.9 Å². The van der Waals surface area contributed by atoms with Gasteiger partial charge in [0.25, 0.3) is 10.1 Å². The van der Waals surface area contributed by atoms with Gasteiger partial charge in [-0.15, -0.1) is 0 Å². The molecule has 8 heteroatoms. The third-order valence-corrected chi connectivity index (χ3v) is 6.32. The molecule has 5 atom stereocenters. The molecule has 2 saturated heterocycles. The van der Waals surface area contributed by atoms with E-state index in [-0.39, 0.29) is 42.1 Å². The fraction of sp³-hybridized carbons (Fsp3) is 0.875. The minimum absolute atomic E-state index is 0.0415. The van der Waals surface area contributed by atoms with Crippen molar-refractivity contribution in [2.75, 3.05) is 19.9 Å². The molecular weight excluding hydrogens is 334 g/mol. The number of hydrogen-bond acceptors (Lipinski definition) is 6. The van der Waals surface area contributed by atoms with Crippen LogP contribution in [0.4, 0.5) is 0 Å². The van der Waals surface area contributed by atoms with E-state index in [1.807, 2.05) is 4.90 Å². The maximum Gasteiger partial charge on any atom is 0.305 e. The zero-order chi connectivity index (χ0) is 17.5. The van der Waals surface area contributed by atoms with Crippen molar-refractivity contribution in [3.8, 4) is 0 Å². The van der Waals surface area contributed by atoms with E-state index in [4.69, 9.17) is 8.92 Å². The summed E-state index contributed by atoms with van der Waals surface area (Å²) in [5.74, 6) is -0.378. The summed E-state index contributed by atoms with van der Waals surface area (Å²) in [5, 5.41) is 0. The zero-order valence-corrected chi connectivity index (χ0v) is 15.0. The molecule has 0 aromatic carbocycles. The molecule has 136 valence electrons. The van der Waals surface area contributed by atoms with E-state index in [9.17, 15) is 18.0 Å². The molecule has 2 aliphatic heterocycles. The van der Waals surface area contributed by atoms with Crippen LogP contribution >= 0.6 is 0 Å². The SMILES string of the molecule is COC(=O)C[C@@H]1[C@H]2CC(=O)N3CCCC[C@H](C[C@H]1OS(C)(=O)=O)[C@H]23. The molecule has 1 saturated carbocycles. The second-order valence-electron chi connectivity index (χ2n) is 7.22. The van der Waals surface area contributed by atoms with Gasteiger partial charge in [-0.25, -0.2) is 0 Å². The average Bonchev–Trinajstić information content (AvgIpc) is 2.68. The smallest absolute Gasteiger partial charge is 0.305 e. The molecule has 2 heterocycles. The van der Waals surface area contributed by atoms with Gasteiger partial charge in [-0.1, -0.05) is 6.42 Å². The summed E-state index contributed by atoms with van der Waals surface area (Å²) in [4.78, 5) is 26.3. The van der Waals surface area contributed by atoms with Crippen LogP contribution in [0.1, 0.15) is 38.5 Å². The summed E-state index contributed by atoms with van der Waals surface area (Å²) in [6.07, 6.45) is 4.48. The van der Waals surface area contributed by atoms with Gasteiger partial charge < -0.3 is 9.64 Å². The molecule has 0 radical (unpaired) electrons. The Bertz CT molecular complexity index is 618. The predicted molar refractivity (Wildman–Crippen MR) is 85.4 cm³/mol. The minimum atomic E-state index is -3.63. The predicted octanol–water partition coefficient (Wildman–Crippen LogP) is 0.931. The number of nitrogens with zero attached hydrogens (tertiary/aromatic N) is 1. The molecule has 7 nitrogen and oxygen atoms in total. The Labute approximate surface area is 142 Å². The molecule has 0 aromatic heterocycles. The molecule has 0 spiro atoms. The van der Waals surface area contributed by atoms with Crippen molar-refractivity contribution in [2.45, 2.75) is 50.7 Å². The summed E-state index contributed by atoms with van der Waals surface area (Å²) < 4.78 is 33.5. The van der Waals surface area contributed by atoms with Gasteiger partial charge in [0.05, 0.1) is 25.9 Å². The van der Waals surface area contributed by atoms with Gasteiger partial charge in [0.15, 0.2) is 0 Å². The molecule has 3 rings (SSSR count). The number of methoxy groups -OCH3 is 1. The van der Waals surface area contributed by atoms with Crippen molar-refractivity contribution in [3.05, 3.63) is 0 Å². The maximum atomic E-state index is 12.4. The lowest BCUT2D eigenvalue weighted by Gasteiger charge is -2.44. The highest BCUT2D eigenvalue weighted by Gasteiger charge is 2.54. The first-order valence-electron chi connectivity index (χ1n) is 8.54. The Balaban J connectivity index is 1.92. The van der Waals surface area contributed by atoms with Crippen molar-refractivity contribution in [2.24, 2.45) is 17.8 Å². The van der Waals surface area contributed by atoms with Crippen LogP contribution in [0.2, 0.25) is 0 Å². The van der Waals surface area contributed by atoms with Crippen LogP contribution in [-0.4, -0.2) is 57.3 Å². The van der Waals surface area contributed by atoms with Crippen molar-refractivity contribution >= 4 is 22.0 Å². The number of amides is 1. The number of carbonyl (C=O) groups excluding carboxylic acids is 2. The van der Waals surface area contributed by atoms with E-state index >= 15 is 0 Å². The Morgan fingerprint density at radius 2 is 2.08 bits per heavy atom. The normalized spacial score (nSPS) is 36.2. The zero-order valence-electron chi connectivity index (χ0n) is 14.1. The quantitative estimate of drug-likeness (QED) is 0.548. The number of rotatable bonds is 4. The van der Waals surface area contributed by atoms with Gasteiger partial charge in [0.2, 0.25) is 5.91 Å². The molecule has 0 aromatic rings. The van der Waals surface area contributed by atoms with Crippen LogP contribution < -0.4 is 0 Å². The largest absolute Gasteiger partial charge is 0.469 e. The van der Waals surface area contributed by atoms with E-state index in [2.05, 4.69) is 0 Å². The van der Waals surface area contributed by atoms with E-state index in [1.54, 1.807) is 0 Å². The fourth-order valence-electron chi connectivity index (χ4n) is 4.88. The standard InChI is InChI=1S/C16H25NO6S/c1-22-15(19)9-11-12-8-14(18)17-6-4-3-5-10(16(12)17)7-13(11)23-24(2,20)21/h10-13,16H,3-9H2,1-2H3/t10-,11-,12-,13-,16-/m1/s1. The summed E-state index contributed by atoms with van der Waals surface area (Å²) in [6, 6.07) is 0.106. The lowest BCUT2D eigenvalue weighted by Crippen LogP contribution is -2.50. The first kappa shape index (κ1) is 17.7. The van der Waals surface area contributed by atoms with Gasteiger partial charge >= 0.3 is 5.97 Å². The molecule has 0 N–H and O–H groups in total. The number of carbonyl (C=O) groups is 2. The van der Waals surface area contributed by atoms with Crippen LogP contribution in [0.3, 0.4) is 0 Å². The minimum Gasteiger partial charge on any atom is -0.469 e. The van der Waals surface area contributed by atoms with Crippen LogP contribution in [0.15, 0.2) is 0 Å². The third-order valence-electron chi connectivity index (χ3n) is 5.73. The second kappa shape index (κ2) is 6.63. The molecule has 3 fully saturated rings. The molecular formula is C16H25NO6S. The number of esters is 1. The lowest BCUT2D eigenvalue weighted by molar-refractivity contribution is -0.144. The Kier molecular flexibility index (Phi) is 4.88. The van der Waals surface area contributed by atoms with E-state index < -0.39 is 16.2 Å². The van der Waals surface area contributed by atoms with Gasteiger partial charge in [-0.05, 0) is 31.1 Å². The Morgan fingerprint density at radius 3 is 2.75 bits per heavy atom. The first-order chi connectivity index (χ1) is 11.3.